The SMILES string of the molecule is CCOC(=O)C1CCN(c2ccc([N+](=O)[O-])cc2C=NN=C2NC(=O)C(CC(=O)O)S2)CC1. The molecular formula is C20H23N5O7S. The molecule has 1 amide bonds. The van der Waals surface area contributed by atoms with Gasteiger partial charge in [0.25, 0.3) is 5.69 Å². The lowest BCUT2D eigenvalue weighted by molar-refractivity contribution is -0.384. The van der Waals surface area contributed by atoms with Gasteiger partial charge in [-0.1, -0.05) is 11.8 Å². The number of amides is 1. The summed E-state index contributed by atoms with van der Waals surface area (Å²) in [6.07, 6.45) is 2.21. The van der Waals surface area contributed by atoms with E-state index in [9.17, 15) is 24.5 Å². The first kappa shape index (κ1) is 24.2. The maximum Gasteiger partial charge on any atom is 0.309 e. The summed E-state index contributed by atoms with van der Waals surface area (Å²) in [4.78, 5) is 47.4. The number of hydrogen-bond acceptors (Lipinski definition) is 10. The topological polar surface area (TPSA) is 164 Å². The highest BCUT2D eigenvalue weighted by molar-refractivity contribution is 8.15. The first-order chi connectivity index (χ1) is 15.8. The van der Waals surface area contributed by atoms with Crippen molar-refractivity contribution in [2.45, 2.75) is 31.4 Å². The summed E-state index contributed by atoms with van der Waals surface area (Å²) >= 11 is 0.962. The number of carbonyl (C=O) groups excluding carboxylic acids is 2. The Hall–Kier alpha value is -3.48. The average molecular weight is 477 g/mol. The zero-order chi connectivity index (χ0) is 24.0. The van der Waals surface area contributed by atoms with Gasteiger partial charge in [-0.3, -0.25) is 24.5 Å². The third-order valence-corrected chi connectivity index (χ3v) is 6.23. The van der Waals surface area contributed by atoms with Crippen LogP contribution in [0.5, 0.6) is 0 Å². The molecule has 3 rings (SSSR count). The molecule has 12 nitrogen and oxygen atoms in total. The zero-order valence-corrected chi connectivity index (χ0v) is 18.6. The number of non-ortho nitro benzene ring substituents is 1. The summed E-state index contributed by atoms with van der Waals surface area (Å²) in [6, 6.07) is 4.41. The van der Waals surface area contributed by atoms with Crippen molar-refractivity contribution < 1.29 is 29.2 Å². The number of nitro groups is 1. The number of nitro benzene ring substituents is 1. The molecule has 1 atom stereocenters. The first-order valence-electron chi connectivity index (χ1n) is 10.3. The highest BCUT2D eigenvalue weighted by atomic mass is 32.2. The molecule has 2 aliphatic heterocycles. The van der Waals surface area contributed by atoms with Crippen LogP contribution in [0.2, 0.25) is 0 Å². The van der Waals surface area contributed by atoms with E-state index in [1.165, 1.54) is 18.3 Å². The van der Waals surface area contributed by atoms with Gasteiger partial charge in [0.15, 0.2) is 5.17 Å². The molecule has 2 saturated heterocycles. The summed E-state index contributed by atoms with van der Waals surface area (Å²) in [5.41, 5.74) is 1.05. The van der Waals surface area contributed by atoms with Gasteiger partial charge in [0.05, 0.1) is 30.1 Å². The number of amidine groups is 1. The van der Waals surface area contributed by atoms with Crippen molar-refractivity contribution in [3.05, 3.63) is 33.9 Å². The Kier molecular flexibility index (Phi) is 7.98. The molecule has 0 aliphatic carbocycles. The number of carboxylic acids is 1. The molecule has 1 unspecified atom stereocenters. The second kappa shape index (κ2) is 10.9. The minimum Gasteiger partial charge on any atom is -0.481 e. The Morgan fingerprint density at radius 1 is 1.39 bits per heavy atom. The van der Waals surface area contributed by atoms with Crippen molar-refractivity contribution in [3.8, 4) is 0 Å². The van der Waals surface area contributed by atoms with E-state index in [4.69, 9.17) is 9.84 Å². The van der Waals surface area contributed by atoms with Crippen LogP contribution in [0.1, 0.15) is 31.7 Å². The van der Waals surface area contributed by atoms with E-state index in [0.717, 1.165) is 11.8 Å². The minimum absolute atomic E-state index is 0.112. The maximum absolute atomic E-state index is 12.0. The van der Waals surface area contributed by atoms with E-state index in [1.807, 2.05) is 4.90 Å². The fourth-order valence-corrected chi connectivity index (χ4v) is 4.47. The van der Waals surface area contributed by atoms with Crippen LogP contribution in [0.15, 0.2) is 28.4 Å². The number of piperidine rings is 1. The largest absolute Gasteiger partial charge is 0.481 e. The van der Waals surface area contributed by atoms with Gasteiger partial charge in [-0.15, -0.1) is 5.10 Å². The highest BCUT2D eigenvalue weighted by Gasteiger charge is 2.32. The van der Waals surface area contributed by atoms with Crippen molar-refractivity contribution in [2.24, 2.45) is 16.1 Å². The number of ether oxygens (including phenoxy) is 1. The van der Waals surface area contributed by atoms with Crippen LogP contribution in [0.25, 0.3) is 0 Å². The van der Waals surface area contributed by atoms with Crippen molar-refractivity contribution in [2.75, 3.05) is 24.6 Å². The second-order valence-corrected chi connectivity index (χ2v) is 8.55. The summed E-state index contributed by atoms with van der Waals surface area (Å²) in [7, 11) is 0. The molecule has 2 aliphatic rings. The lowest BCUT2D eigenvalue weighted by Crippen LogP contribution is -2.37. The normalized spacial score (nSPS) is 20.3. The van der Waals surface area contributed by atoms with E-state index >= 15 is 0 Å². The van der Waals surface area contributed by atoms with Crippen LogP contribution >= 0.6 is 11.8 Å². The van der Waals surface area contributed by atoms with Crippen LogP contribution in [-0.4, -0.2) is 64.2 Å². The molecule has 0 spiro atoms. The maximum atomic E-state index is 12.0. The third-order valence-electron chi connectivity index (χ3n) is 5.16. The number of anilines is 1. The fourth-order valence-electron chi connectivity index (χ4n) is 3.55. The van der Waals surface area contributed by atoms with Gasteiger partial charge in [0.1, 0.15) is 5.25 Å². The molecule has 0 aromatic heterocycles. The van der Waals surface area contributed by atoms with E-state index in [-0.39, 0.29) is 29.2 Å². The van der Waals surface area contributed by atoms with Gasteiger partial charge in [-0.05, 0) is 25.8 Å². The predicted molar refractivity (Wildman–Crippen MR) is 121 cm³/mol. The number of hydrogen-bond donors (Lipinski definition) is 2. The van der Waals surface area contributed by atoms with Crippen molar-refractivity contribution in [1.82, 2.24) is 5.32 Å². The summed E-state index contributed by atoms with van der Waals surface area (Å²) in [5, 5.41) is 29.8. The monoisotopic (exact) mass is 477 g/mol. The molecular weight excluding hydrogens is 454 g/mol. The number of nitrogens with zero attached hydrogens (tertiary/aromatic N) is 4. The van der Waals surface area contributed by atoms with E-state index in [2.05, 4.69) is 15.5 Å². The molecule has 13 heteroatoms. The Labute approximate surface area is 193 Å². The number of rotatable bonds is 8. The van der Waals surface area contributed by atoms with Gasteiger partial charge in [0, 0.05) is 36.5 Å². The fraction of sp³-hybridized carbons (Fsp3) is 0.450. The second-order valence-electron chi connectivity index (χ2n) is 7.36. The molecule has 176 valence electrons. The zero-order valence-electron chi connectivity index (χ0n) is 17.8. The van der Waals surface area contributed by atoms with Crippen LogP contribution in [0, 0.1) is 16.0 Å². The number of esters is 1. The molecule has 1 aromatic carbocycles. The van der Waals surface area contributed by atoms with E-state index < -0.39 is 22.0 Å². The van der Waals surface area contributed by atoms with Gasteiger partial charge < -0.3 is 20.1 Å². The molecule has 0 bridgehead atoms. The molecule has 0 radical (unpaired) electrons. The molecule has 33 heavy (non-hydrogen) atoms. The average Bonchev–Trinajstić information content (AvgIpc) is 3.12. The van der Waals surface area contributed by atoms with E-state index in [0.29, 0.717) is 43.8 Å². The Morgan fingerprint density at radius 2 is 2.12 bits per heavy atom. The van der Waals surface area contributed by atoms with Crippen LogP contribution in [-0.2, 0) is 19.1 Å². The number of benzene rings is 1. The van der Waals surface area contributed by atoms with Crippen molar-refractivity contribution in [1.29, 1.82) is 0 Å². The Morgan fingerprint density at radius 3 is 2.76 bits per heavy atom. The van der Waals surface area contributed by atoms with Crippen LogP contribution < -0.4 is 10.2 Å². The number of carbonyl (C=O) groups is 3. The molecule has 0 saturated carbocycles. The van der Waals surface area contributed by atoms with Gasteiger partial charge in [0.2, 0.25) is 5.91 Å². The lowest BCUT2D eigenvalue weighted by atomic mass is 9.96. The van der Waals surface area contributed by atoms with E-state index in [1.54, 1.807) is 13.0 Å². The number of carboxylic acid groups (broad SMARTS) is 1. The Bertz CT molecular complexity index is 1000. The van der Waals surface area contributed by atoms with Crippen LogP contribution in [0.4, 0.5) is 11.4 Å². The van der Waals surface area contributed by atoms with Crippen molar-refractivity contribution >= 4 is 52.4 Å². The quantitative estimate of drug-likeness (QED) is 0.246. The van der Waals surface area contributed by atoms with Gasteiger partial charge in [-0.2, -0.15) is 5.10 Å². The van der Waals surface area contributed by atoms with Crippen LogP contribution in [0.3, 0.4) is 0 Å². The molecule has 2 heterocycles. The summed E-state index contributed by atoms with van der Waals surface area (Å²) < 4.78 is 5.09. The third kappa shape index (κ3) is 6.28. The number of nitrogens with one attached hydrogen (secondary N) is 1. The summed E-state index contributed by atoms with van der Waals surface area (Å²) in [6.45, 7) is 3.24. The van der Waals surface area contributed by atoms with Gasteiger partial charge in [-0.25, -0.2) is 0 Å². The Balaban J connectivity index is 1.75. The molecule has 2 fully saturated rings. The predicted octanol–water partition coefficient (Wildman–Crippen LogP) is 1.77. The number of thioether (sulfide) groups is 1. The number of aliphatic carboxylic acids is 1. The standard InChI is InChI=1S/C20H23N5O7S/c1-2-32-19(29)12-5-7-24(8-6-12)15-4-3-14(25(30)31)9-13(15)11-21-23-20-22-18(28)16(33-20)10-17(26)27/h3-4,9,11-12,16H,2,5-8,10H2,1H3,(H,26,27)(H,22,23,28). The highest BCUT2D eigenvalue weighted by Crippen LogP contribution is 2.29. The minimum atomic E-state index is -1.10. The smallest absolute Gasteiger partial charge is 0.309 e. The summed E-state index contributed by atoms with van der Waals surface area (Å²) in [5.74, 6) is -1.95. The molecule has 2 N–H and O–H groups in total. The first-order valence-corrected chi connectivity index (χ1v) is 11.2. The lowest BCUT2D eigenvalue weighted by Gasteiger charge is -2.33. The molecule has 1 aromatic rings. The van der Waals surface area contributed by atoms with Crippen molar-refractivity contribution in [3.63, 3.8) is 0 Å². The van der Waals surface area contributed by atoms with Gasteiger partial charge >= 0.3 is 11.9 Å².